The molecule has 1 amide bonds. The predicted octanol–water partition coefficient (Wildman–Crippen LogP) is 3.18. The van der Waals surface area contributed by atoms with Crippen molar-refractivity contribution >= 4 is 21.6 Å². The van der Waals surface area contributed by atoms with E-state index in [1.54, 1.807) is 13.0 Å². The summed E-state index contributed by atoms with van der Waals surface area (Å²) in [5.41, 5.74) is 2.44. The molecule has 0 bridgehead atoms. The van der Waals surface area contributed by atoms with Crippen molar-refractivity contribution in [2.75, 3.05) is 11.9 Å². The van der Waals surface area contributed by atoms with Crippen LogP contribution >= 0.6 is 0 Å². The van der Waals surface area contributed by atoms with E-state index in [1.807, 2.05) is 24.3 Å². The van der Waals surface area contributed by atoms with Gasteiger partial charge < -0.3 is 10.1 Å². The lowest BCUT2D eigenvalue weighted by molar-refractivity contribution is -0.118. The zero-order chi connectivity index (χ0) is 18.9. The first kappa shape index (κ1) is 18.4. The molecule has 7 heteroatoms. The van der Waals surface area contributed by atoms with Crippen molar-refractivity contribution in [3.63, 3.8) is 0 Å². The molecule has 1 atom stereocenters. The minimum atomic E-state index is -3.74. The first-order valence-corrected chi connectivity index (χ1v) is 9.93. The third kappa shape index (κ3) is 3.89. The molecule has 138 valence electrons. The van der Waals surface area contributed by atoms with Crippen LogP contribution in [-0.4, -0.2) is 20.9 Å². The minimum absolute atomic E-state index is 0.0687. The highest BCUT2D eigenvalue weighted by atomic mass is 32.2. The van der Waals surface area contributed by atoms with Gasteiger partial charge in [0.1, 0.15) is 5.75 Å². The van der Waals surface area contributed by atoms with Crippen molar-refractivity contribution in [1.29, 1.82) is 0 Å². The largest absolute Gasteiger partial charge is 0.482 e. The molecule has 26 heavy (non-hydrogen) atoms. The Balaban J connectivity index is 1.80. The molecule has 0 fully saturated rings. The molecular formula is C19H22N2O4S. The van der Waals surface area contributed by atoms with Gasteiger partial charge in [-0.3, -0.25) is 4.79 Å². The fraction of sp³-hybridized carbons (Fsp3) is 0.316. The van der Waals surface area contributed by atoms with Gasteiger partial charge >= 0.3 is 0 Å². The van der Waals surface area contributed by atoms with E-state index in [0.717, 1.165) is 5.56 Å². The summed E-state index contributed by atoms with van der Waals surface area (Å²) in [6, 6.07) is 11.9. The maximum Gasteiger partial charge on any atom is 0.262 e. The van der Waals surface area contributed by atoms with Gasteiger partial charge in [0.05, 0.1) is 10.6 Å². The third-order valence-electron chi connectivity index (χ3n) is 4.33. The fourth-order valence-corrected chi connectivity index (χ4v) is 4.03. The second-order valence-corrected chi connectivity index (χ2v) is 8.37. The van der Waals surface area contributed by atoms with Crippen LogP contribution in [0.3, 0.4) is 0 Å². The highest BCUT2D eigenvalue weighted by molar-refractivity contribution is 7.89. The molecular weight excluding hydrogens is 352 g/mol. The molecule has 0 aromatic heterocycles. The number of anilines is 1. The Hall–Kier alpha value is -2.38. The number of nitrogens with one attached hydrogen (secondary N) is 2. The fourth-order valence-electron chi connectivity index (χ4n) is 2.77. The molecule has 1 aliphatic heterocycles. The van der Waals surface area contributed by atoms with Crippen molar-refractivity contribution in [1.82, 2.24) is 4.72 Å². The number of carbonyl (C=O) groups is 1. The monoisotopic (exact) mass is 374 g/mol. The van der Waals surface area contributed by atoms with Gasteiger partial charge in [-0.1, -0.05) is 38.1 Å². The lowest BCUT2D eigenvalue weighted by atomic mass is 10.00. The molecule has 0 saturated carbocycles. The summed E-state index contributed by atoms with van der Waals surface area (Å²) in [5, 5.41) is 2.62. The van der Waals surface area contributed by atoms with Gasteiger partial charge in [-0.05, 0) is 42.2 Å². The van der Waals surface area contributed by atoms with Gasteiger partial charge in [-0.25, -0.2) is 13.1 Å². The normalized spacial score (nSPS) is 15.2. The van der Waals surface area contributed by atoms with E-state index in [1.165, 1.54) is 17.7 Å². The minimum Gasteiger partial charge on any atom is -0.482 e. The maximum atomic E-state index is 12.7. The summed E-state index contributed by atoms with van der Waals surface area (Å²) in [7, 11) is -3.74. The van der Waals surface area contributed by atoms with Gasteiger partial charge in [0.2, 0.25) is 10.0 Å². The Morgan fingerprint density at radius 2 is 1.69 bits per heavy atom. The number of sulfonamides is 1. The van der Waals surface area contributed by atoms with Crippen LogP contribution < -0.4 is 14.8 Å². The Bertz CT molecular complexity index is 921. The first-order valence-electron chi connectivity index (χ1n) is 8.45. The molecule has 0 saturated heterocycles. The molecule has 1 unspecified atom stereocenters. The van der Waals surface area contributed by atoms with Gasteiger partial charge in [-0.2, -0.15) is 0 Å². The molecule has 2 aromatic rings. The van der Waals surface area contributed by atoms with Crippen molar-refractivity contribution in [2.45, 2.75) is 37.6 Å². The van der Waals surface area contributed by atoms with Gasteiger partial charge in [0.15, 0.2) is 6.61 Å². The molecule has 0 aliphatic carbocycles. The number of benzene rings is 2. The lowest BCUT2D eigenvalue weighted by Crippen LogP contribution is -2.28. The van der Waals surface area contributed by atoms with Crippen LogP contribution in [0.1, 0.15) is 43.9 Å². The van der Waals surface area contributed by atoms with E-state index in [2.05, 4.69) is 23.9 Å². The number of rotatable bonds is 5. The standard InChI is InChI=1S/C19H22N2O4S/c1-12(2)14-4-6-15(7-5-14)13(3)21-26(23,24)16-8-9-18-17(10-16)20-19(22)11-25-18/h4-10,12-13,21H,11H2,1-3H3,(H,20,22). The van der Waals surface area contributed by atoms with Crippen molar-refractivity contribution in [3.05, 3.63) is 53.6 Å². The zero-order valence-electron chi connectivity index (χ0n) is 14.9. The quantitative estimate of drug-likeness (QED) is 0.842. The molecule has 0 spiro atoms. The summed E-state index contributed by atoms with van der Waals surface area (Å²) in [5.74, 6) is 0.573. The van der Waals surface area contributed by atoms with Crippen LogP contribution in [0.2, 0.25) is 0 Å². The Kier molecular flexibility index (Phi) is 5.02. The molecule has 2 aromatic carbocycles. The van der Waals surface area contributed by atoms with E-state index < -0.39 is 10.0 Å². The van der Waals surface area contributed by atoms with Crippen LogP contribution in [0.25, 0.3) is 0 Å². The lowest BCUT2D eigenvalue weighted by Gasteiger charge is -2.20. The highest BCUT2D eigenvalue weighted by Crippen LogP contribution is 2.30. The Morgan fingerprint density at radius 1 is 1.04 bits per heavy atom. The number of ether oxygens (including phenoxy) is 1. The number of fused-ring (bicyclic) bond motifs is 1. The SMILES string of the molecule is CC(C)c1ccc(C(C)NS(=O)(=O)c2ccc3c(c2)NC(=O)CO3)cc1. The van der Waals surface area contributed by atoms with Crippen LogP contribution in [0, 0.1) is 0 Å². The van der Waals surface area contributed by atoms with Crippen molar-refractivity contribution < 1.29 is 17.9 Å². The van der Waals surface area contributed by atoms with Crippen molar-refractivity contribution in [2.24, 2.45) is 0 Å². The molecule has 0 radical (unpaired) electrons. The maximum absolute atomic E-state index is 12.7. The van der Waals surface area contributed by atoms with E-state index in [-0.39, 0.29) is 23.5 Å². The Morgan fingerprint density at radius 3 is 2.35 bits per heavy atom. The second kappa shape index (κ2) is 7.09. The number of hydrogen-bond donors (Lipinski definition) is 2. The Labute approximate surface area is 153 Å². The van der Waals surface area contributed by atoms with E-state index in [0.29, 0.717) is 17.4 Å². The molecule has 1 heterocycles. The number of amides is 1. The number of hydrogen-bond acceptors (Lipinski definition) is 4. The summed E-state index contributed by atoms with van der Waals surface area (Å²) < 4.78 is 33.3. The summed E-state index contributed by atoms with van der Waals surface area (Å²) in [6.07, 6.45) is 0. The third-order valence-corrected chi connectivity index (χ3v) is 5.87. The molecule has 1 aliphatic rings. The average Bonchev–Trinajstić information content (AvgIpc) is 2.60. The van der Waals surface area contributed by atoms with Crippen LogP contribution in [0.5, 0.6) is 5.75 Å². The summed E-state index contributed by atoms with van der Waals surface area (Å²) in [4.78, 5) is 11.5. The zero-order valence-corrected chi connectivity index (χ0v) is 15.8. The number of carbonyl (C=O) groups excluding carboxylic acids is 1. The van der Waals surface area contributed by atoms with E-state index in [4.69, 9.17) is 4.74 Å². The van der Waals surface area contributed by atoms with Crippen LogP contribution in [0.15, 0.2) is 47.4 Å². The van der Waals surface area contributed by atoms with E-state index >= 15 is 0 Å². The first-order chi connectivity index (χ1) is 12.3. The predicted molar refractivity (Wildman–Crippen MR) is 99.8 cm³/mol. The van der Waals surface area contributed by atoms with Gasteiger partial charge in [0, 0.05) is 6.04 Å². The summed E-state index contributed by atoms with van der Waals surface area (Å²) >= 11 is 0. The van der Waals surface area contributed by atoms with E-state index in [9.17, 15) is 13.2 Å². The molecule has 3 rings (SSSR count). The highest BCUT2D eigenvalue weighted by Gasteiger charge is 2.22. The van der Waals surface area contributed by atoms with Crippen LogP contribution in [-0.2, 0) is 14.8 Å². The van der Waals surface area contributed by atoms with Crippen LogP contribution in [0.4, 0.5) is 5.69 Å². The van der Waals surface area contributed by atoms with Gasteiger partial charge in [0.25, 0.3) is 5.91 Å². The average molecular weight is 374 g/mol. The molecule has 6 nitrogen and oxygen atoms in total. The van der Waals surface area contributed by atoms with Crippen molar-refractivity contribution in [3.8, 4) is 5.75 Å². The molecule has 2 N–H and O–H groups in total. The topological polar surface area (TPSA) is 84.5 Å². The second-order valence-electron chi connectivity index (χ2n) is 6.66. The van der Waals surface area contributed by atoms with Gasteiger partial charge in [-0.15, -0.1) is 0 Å². The smallest absolute Gasteiger partial charge is 0.262 e. The summed E-state index contributed by atoms with van der Waals surface area (Å²) in [6.45, 7) is 5.95.